The van der Waals surface area contributed by atoms with Crippen LogP contribution in [0.15, 0.2) is 18.5 Å². The monoisotopic (exact) mass is 308 g/mol. The zero-order chi connectivity index (χ0) is 12.1. The standard InChI is InChI=1S/C12H20N4O.2ClH/c1-10(16-9-3-7-15-16)12(17)14-8-5-11-4-2-6-13-11;;/h3,7,9-11,13H,2,4-6,8H2,1H3,(H,14,17);2*1H/t10?,11-;;/m1../s1. The Kier molecular flexibility index (Phi) is 8.80. The largest absolute Gasteiger partial charge is 0.354 e. The lowest BCUT2D eigenvalue weighted by Gasteiger charge is -2.14. The summed E-state index contributed by atoms with van der Waals surface area (Å²) >= 11 is 0. The molecule has 1 unspecified atom stereocenters. The van der Waals surface area contributed by atoms with Gasteiger partial charge in [0.15, 0.2) is 0 Å². The molecule has 5 nitrogen and oxygen atoms in total. The summed E-state index contributed by atoms with van der Waals surface area (Å²) in [5.41, 5.74) is 0. The highest BCUT2D eigenvalue weighted by atomic mass is 35.5. The van der Waals surface area contributed by atoms with Crippen molar-refractivity contribution < 1.29 is 4.79 Å². The van der Waals surface area contributed by atoms with E-state index in [1.54, 1.807) is 10.9 Å². The molecule has 0 bridgehead atoms. The molecule has 1 fully saturated rings. The SMILES string of the molecule is CC(C(=O)NCC[C@H]1CCCN1)n1cccn1.Cl.Cl. The number of hydrogen-bond acceptors (Lipinski definition) is 3. The van der Waals surface area contributed by atoms with Crippen LogP contribution in [0.25, 0.3) is 0 Å². The number of amides is 1. The number of hydrogen-bond donors (Lipinski definition) is 2. The average Bonchev–Trinajstić information content (AvgIpc) is 3.00. The summed E-state index contributed by atoms with van der Waals surface area (Å²) in [5.74, 6) is 0.0340. The summed E-state index contributed by atoms with van der Waals surface area (Å²) in [5, 5.41) is 10.4. The van der Waals surface area contributed by atoms with E-state index in [0.29, 0.717) is 6.04 Å². The van der Waals surface area contributed by atoms with Crippen LogP contribution in [0.1, 0.15) is 32.2 Å². The fraction of sp³-hybridized carbons (Fsp3) is 0.667. The average molecular weight is 309 g/mol. The molecule has 1 aliphatic rings. The first kappa shape index (κ1) is 18.2. The van der Waals surface area contributed by atoms with Crippen LogP contribution in [0.4, 0.5) is 0 Å². The third kappa shape index (κ3) is 5.38. The summed E-state index contributed by atoms with van der Waals surface area (Å²) in [6, 6.07) is 2.17. The van der Waals surface area contributed by atoms with Gasteiger partial charge < -0.3 is 10.6 Å². The molecule has 1 aliphatic heterocycles. The van der Waals surface area contributed by atoms with Gasteiger partial charge in [-0.15, -0.1) is 24.8 Å². The van der Waals surface area contributed by atoms with Gasteiger partial charge in [0.1, 0.15) is 6.04 Å². The topological polar surface area (TPSA) is 59.0 Å². The lowest BCUT2D eigenvalue weighted by molar-refractivity contribution is -0.124. The molecule has 0 aliphatic carbocycles. The highest BCUT2D eigenvalue weighted by molar-refractivity contribution is 5.85. The van der Waals surface area contributed by atoms with E-state index in [1.165, 1.54) is 12.8 Å². The van der Waals surface area contributed by atoms with Gasteiger partial charge in [-0.1, -0.05) is 0 Å². The van der Waals surface area contributed by atoms with Gasteiger partial charge >= 0.3 is 0 Å². The van der Waals surface area contributed by atoms with Gasteiger partial charge in [0.05, 0.1) is 0 Å². The van der Waals surface area contributed by atoms with Crippen molar-refractivity contribution in [3.8, 4) is 0 Å². The van der Waals surface area contributed by atoms with Gasteiger partial charge in [-0.3, -0.25) is 9.48 Å². The van der Waals surface area contributed by atoms with Crippen LogP contribution in [0.2, 0.25) is 0 Å². The lowest BCUT2D eigenvalue weighted by atomic mass is 10.1. The molecule has 0 aromatic carbocycles. The van der Waals surface area contributed by atoms with Gasteiger partial charge in [0.2, 0.25) is 5.91 Å². The van der Waals surface area contributed by atoms with Crippen LogP contribution >= 0.6 is 24.8 Å². The molecule has 0 spiro atoms. The predicted octanol–water partition coefficient (Wildman–Crippen LogP) is 1.55. The molecule has 1 aromatic rings. The molecule has 7 heteroatoms. The van der Waals surface area contributed by atoms with Gasteiger partial charge in [0.25, 0.3) is 0 Å². The summed E-state index contributed by atoms with van der Waals surface area (Å²) < 4.78 is 1.67. The fourth-order valence-electron chi connectivity index (χ4n) is 2.15. The van der Waals surface area contributed by atoms with Crippen molar-refractivity contribution in [2.75, 3.05) is 13.1 Å². The van der Waals surface area contributed by atoms with Gasteiger partial charge in [-0.05, 0) is 38.8 Å². The predicted molar refractivity (Wildman–Crippen MR) is 80.1 cm³/mol. The minimum absolute atomic E-state index is 0. The number of rotatable bonds is 5. The minimum atomic E-state index is -0.235. The molecule has 2 rings (SSSR count). The first-order chi connectivity index (χ1) is 8.27. The van der Waals surface area contributed by atoms with E-state index in [9.17, 15) is 4.79 Å². The van der Waals surface area contributed by atoms with E-state index in [-0.39, 0.29) is 36.8 Å². The Bertz CT molecular complexity index is 353. The second kappa shape index (κ2) is 9.18. The Hall–Kier alpha value is -0.780. The van der Waals surface area contributed by atoms with Crippen molar-refractivity contribution >= 4 is 30.7 Å². The second-order valence-electron chi connectivity index (χ2n) is 4.54. The Balaban J connectivity index is 0.00000162. The Morgan fingerprint density at radius 3 is 2.95 bits per heavy atom. The van der Waals surface area contributed by atoms with Crippen LogP contribution in [-0.2, 0) is 4.79 Å². The highest BCUT2D eigenvalue weighted by Crippen LogP contribution is 2.08. The van der Waals surface area contributed by atoms with Gasteiger partial charge in [-0.2, -0.15) is 5.10 Å². The van der Waals surface area contributed by atoms with E-state index in [4.69, 9.17) is 0 Å². The molecule has 2 atom stereocenters. The molecule has 2 N–H and O–H groups in total. The molecule has 0 saturated carbocycles. The van der Waals surface area contributed by atoms with E-state index in [1.807, 2.05) is 19.2 Å². The fourth-order valence-corrected chi connectivity index (χ4v) is 2.15. The van der Waals surface area contributed by atoms with Gasteiger partial charge in [0, 0.05) is 25.0 Å². The molecule has 19 heavy (non-hydrogen) atoms. The van der Waals surface area contributed by atoms with Crippen molar-refractivity contribution in [1.82, 2.24) is 20.4 Å². The molecule has 1 aromatic heterocycles. The number of carbonyl (C=O) groups is 1. The first-order valence-electron chi connectivity index (χ1n) is 6.27. The molecular weight excluding hydrogens is 287 g/mol. The first-order valence-corrected chi connectivity index (χ1v) is 6.27. The molecule has 0 radical (unpaired) electrons. The molecule has 110 valence electrons. The zero-order valence-corrected chi connectivity index (χ0v) is 12.7. The van der Waals surface area contributed by atoms with Crippen molar-refractivity contribution in [2.45, 2.75) is 38.3 Å². The third-order valence-corrected chi connectivity index (χ3v) is 3.26. The molecule has 1 saturated heterocycles. The van der Waals surface area contributed by atoms with Crippen molar-refractivity contribution in [1.29, 1.82) is 0 Å². The van der Waals surface area contributed by atoms with Crippen molar-refractivity contribution in [3.05, 3.63) is 18.5 Å². The molecule has 1 amide bonds. The van der Waals surface area contributed by atoms with E-state index in [0.717, 1.165) is 19.5 Å². The lowest BCUT2D eigenvalue weighted by Crippen LogP contribution is -2.34. The maximum absolute atomic E-state index is 11.8. The van der Waals surface area contributed by atoms with Crippen LogP contribution in [0.3, 0.4) is 0 Å². The number of aromatic nitrogens is 2. The third-order valence-electron chi connectivity index (χ3n) is 3.26. The quantitative estimate of drug-likeness (QED) is 0.867. The van der Waals surface area contributed by atoms with Gasteiger partial charge in [-0.25, -0.2) is 0 Å². The van der Waals surface area contributed by atoms with Crippen LogP contribution in [0, 0.1) is 0 Å². The smallest absolute Gasteiger partial charge is 0.244 e. The summed E-state index contributed by atoms with van der Waals surface area (Å²) in [7, 11) is 0. The number of nitrogens with zero attached hydrogens (tertiary/aromatic N) is 2. The summed E-state index contributed by atoms with van der Waals surface area (Å²) in [4.78, 5) is 11.8. The maximum Gasteiger partial charge on any atom is 0.244 e. The van der Waals surface area contributed by atoms with Crippen LogP contribution in [0.5, 0.6) is 0 Å². The zero-order valence-electron chi connectivity index (χ0n) is 11.0. The van der Waals surface area contributed by atoms with E-state index in [2.05, 4.69) is 15.7 Å². The van der Waals surface area contributed by atoms with Crippen LogP contribution in [-0.4, -0.2) is 34.8 Å². The van der Waals surface area contributed by atoms with E-state index >= 15 is 0 Å². The summed E-state index contributed by atoms with van der Waals surface area (Å²) in [6.07, 6.45) is 6.99. The highest BCUT2D eigenvalue weighted by Gasteiger charge is 2.16. The van der Waals surface area contributed by atoms with Crippen molar-refractivity contribution in [3.63, 3.8) is 0 Å². The Morgan fingerprint density at radius 1 is 1.58 bits per heavy atom. The molecule has 2 heterocycles. The normalized spacial score (nSPS) is 19.1. The Morgan fingerprint density at radius 2 is 2.37 bits per heavy atom. The minimum Gasteiger partial charge on any atom is -0.354 e. The summed E-state index contributed by atoms with van der Waals surface area (Å²) in [6.45, 7) is 3.71. The number of halogens is 2. The maximum atomic E-state index is 11.8. The van der Waals surface area contributed by atoms with Crippen LogP contribution < -0.4 is 10.6 Å². The Labute approximate surface area is 126 Å². The second-order valence-corrected chi connectivity index (χ2v) is 4.54. The number of nitrogens with one attached hydrogen (secondary N) is 2. The number of carbonyl (C=O) groups excluding carboxylic acids is 1. The van der Waals surface area contributed by atoms with Crippen molar-refractivity contribution in [2.24, 2.45) is 0 Å². The molecular formula is C12H22Cl2N4O. The van der Waals surface area contributed by atoms with E-state index < -0.39 is 0 Å².